The lowest BCUT2D eigenvalue weighted by Gasteiger charge is -2.27. The molecule has 4 heterocycles. The molecule has 1 aliphatic rings. The lowest BCUT2D eigenvalue weighted by molar-refractivity contribution is 0.422. The number of hydrogen-bond donors (Lipinski definition) is 1. The van der Waals surface area contributed by atoms with Crippen LogP contribution in [-0.4, -0.2) is 29.7 Å². The van der Waals surface area contributed by atoms with Gasteiger partial charge in [0.15, 0.2) is 11.5 Å². The molecule has 5 aromatic rings. The lowest BCUT2D eigenvalue weighted by Crippen LogP contribution is -2.14. The summed E-state index contributed by atoms with van der Waals surface area (Å²) in [6, 6.07) is 19.1. The zero-order valence-electron chi connectivity index (χ0n) is 15.7. The summed E-state index contributed by atoms with van der Waals surface area (Å²) in [6.45, 7) is 0. The first-order valence-electron chi connectivity index (χ1n) is 9.49. The van der Waals surface area contributed by atoms with Crippen LogP contribution in [0.4, 0.5) is 0 Å². The molecule has 1 unspecified atom stereocenters. The number of pyridine rings is 1. The van der Waals surface area contributed by atoms with E-state index in [9.17, 15) is 5.11 Å². The number of phenols is 1. The fraction of sp³-hybridized carbons (Fsp3) is 0.0435. The van der Waals surface area contributed by atoms with E-state index < -0.39 is 0 Å². The van der Waals surface area contributed by atoms with Crippen LogP contribution in [0.2, 0.25) is 0 Å². The van der Waals surface area contributed by atoms with Crippen molar-refractivity contribution in [2.45, 2.75) is 5.92 Å². The van der Waals surface area contributed by atoms with Crippen LogP contribution < -0.4 is 4.74 Å². The SMILES string of the molecule is Oc1ccc2c(c1)Oc1ncn3nc(-c4cccnc4)nc3c1C2c1ccccc1. The summed E-state index contributed by atoms with van der Waals surface area (Å²) >= 11 is 0. The molecule has 1 atom stereocenters. The highest BCUT2D eigenvalue weighted by atomic mass is 16.5. The summed E-state index contributed by atoms with van der Waals surface area (Å²) in [5.74, 6) is 1.60. The minimum Gasteiger partial charge on any atom is -0.508 e. The Balaban J connectivity index is 1.63. The minimum atomic E-state index is -0.160. The third-order valence-corrected chi connectivity index (χ3v) is 5.24. The van der Waals surface area contributed by atoms with E-state index in [4.69, 9.17) is 9.72 Å². The van der Waals surface area contributed by atoms with Gasteiger partial charge in [-0.05, 0) is 23.8 Å². The van der Waals surface area contributed by atoms with Crippen molar-refractivity contribution in [3.8, 4) is 28.8 Å². The number of phenolic OH excluding ortho intramolecular Hbond substituents is 1. The fourth-order valence-corrected chi connectivity index (χ4v) is 3.91. The summed E-state index contributed by atoms with van der Waals surface area (Å²) in [5, 5.41) is 14.6. The van der Waals surface area contributed by atoms with Crippen LogP contribution in [0.25, 0.3) is 17.0 Å². The van der Waals surface area contributed by atoms with Crippen molar-refractivity contribution in [1.82, 2.24) is 24.6 Å². The number of nitrogens with zero attached hydrogens (tertiary/aromatic N) is 5. The van der Waals surface area contributed by atoms with Gasteiger partial charge in [0.05, 0.1) is 5.56 Å². The van der Waals surface area contributed by atoms with Gasteiger partial charge in [0, 0.05) is 35.5 Å². The van der Waals surface area contributed by atoms with Gasteiger partial charge in [0.1, 0.15) is 17.8 Å². The maximum atomic E-state index is 9.96. The molecular weight excluding hydrogens is 378 g/mol. The molecule has 0 aliphatic carbocycles. The normalized spacial score (nSPS) is 14.7. The Morgan fingerprint density at radius 1 is 1.00 bits per heavy atom. The molecule has 0 radical (unpaired) electrons. The summed E-state index contributed by atoms with van der Waals surface area (Å²) in [6.07, 6.45) is 5.04. The molecule has 0 bridgehead atoms. The zero-order chi connectivity index (χ0) is 20.1. The largest absolute Gasteiger partial charge is 0.508 e. The monoisotopic (exact) mass is 393 g/mol. The smallest absolute Gasteiger partial charge is 0.228 e. The topological polar surface area (TPSA) is 85.4 Å². The Hall–Kier alpha value is -4.26. The van der Waals surface area contributed by atoms with Crippen LogP contribution in [-0.2, 0) is 0 Å². The number of aromatic hydroxyl groups is 1. The van der Waals surface area contributed by atoms with E-state index in [0.29, 0.717) is 23.1 Å². The average molecular weight is 393 g/mol. The highest BCUT2D eigenvalue weighted by molar-refractivity contribution is 5.68. The second-order valence-electron chi connectivity index (χ2n) is 7.08. The number of ether oxygens (including phenoxy) is 1. The maximum Gasteiger partial charge on any atom is 0.228 e. The average Bonchev–Trinajstić information content (AvgIpc) is 3.23. The molecule has 7 heteroatoms. The number of fused-ring (bicyclic) bond motifs is 4. The minimum absolute atomic E-state index is 0.145. The first kappa shape index (κ1) is 16.7. The summed E-state index contributed by atoms with van der Waals surface area (Å²) < 4.78 is 7.74. The van der Waals surface area contributed by atoms with Crippen LogP contribution in [0.5, 0.6) is 17.4 Å². The van der Waals surface area contributed by atoms with Crippen LogP contribution in [0.1, 0.15) is 22.6 Å². The predicted octanol–water partition coefficient (Wildman–Crippen LogP) is 4.18. The van der Waals surface area contributed by atoms with Crippen molar-refractivity contribution in [3.63, 3.8) is 0 Å². The first-order valence-corrected chi connectivity index (χ1v) is 9.49. The molecule has 2 aromatic carbocycles. The van der Waals surface area contributed by atoms with E-state index in [-0.39, 0.29) is 11.7 Å². The number of rotatable bonds is 2. The fourth-order valence-electron chi connectivity index (χ4n) is 3.91. The van der Waals surface area contributed by atoms with Crippen molar-refractivity contribution in [3.05, 3.63) is 96.1 Å². The molecule has 7 nitrogen and oxygen atoms in total. The quantitative estimate of drug-likeness (QED) is 0.475. The van der Waals surface area contributed by atoms with Crippen LogP contribution in [0.3, 0.4) is 0 Å². The van der Waals surface area contributed by atoms with Crippen molar-refractivity contribution in [2.24, 2.45) is 0 Å². The van der Waals surface area contributed by atoms with Gasteiger partial charge >= 0.3 is 0 Å². The third kappa shape index (κ3) is 2.52. The Labute approximate surface area is 171 Å². The lowest BCUT2D eigenvalue weighted by atomic mass is 9.84. The van der Waals surface area contributed by atoms with Crippen LogP contribution in [0.15, 0.2) is 79.4 Å². The molecule has 6 rings (SSSR count). The highest BCUT2D eigenvalue weighted by Crippen LogP contribution is 2.48. The molecule has 144 valence electrons. The molecule has 0 fully saturated rings. The molecule has 1 aliphatic heterocycles. The first-order chi connectivity index (χ1) is 14.8. The van der Waals surface area contributed by atoms with Crippen molar-refractivity contribution >= 4 is 5.65 Å². The molecule has 0 amide bonds. The zero-order valence-corrected chi connectivity index (χ0v) is 15.7. The number of aromatic nitrogens is 5. The van der Waals surface area contributed by atoms with Gasteiger partial charge in [-0.25, -0.2) is 14.5 Å². The number of hydrogen-bond acceptors (Lipinski definition) is 6. The third-order valence-electron chi connectivity index (χ3n) is 5.24. The molecule has 0 saturated heterocycles. The molecule has 1 N–H and O–H groups in total. The molecule has 0 saturated carbocycles. The van der Waals surface area contributed by atoms with Crippen molar-refractivity contribution < 1.29 is 9.84 Å². The molecule has 3 aromatic heterocycles. The summed E-state index contributed by atoms with van der Waals surface area (Å²) in [5.41, 5.74) is 4.35. The van der Waals surface area contributed by atoms with E-state index in [2.05, 4.69) is 27.2 Å². The highest BCUT2D eigenvalue weighted by Gasteiger charge is 2.33. The van der Waals surface area contributed by atoms with Gasteiger partial charge in [-0.2, -0.15) is 0 Å². The van der Waals surface area contributed by atoms with E-state index in [0.717, 1.165) is 22.3 Å². The van der Waals surface area contributed by atoms with Crippen LogP contribution >= 0.6 is 0 Å². The van der Waals surface area contributed by atoms with E-state index in [1.165, 1.54) is 0 Å². The molecule has 0 spiro atoms. The Morgan fingerprint density at radius 3 is 2.73 bits per heavy atom. The van der Waals surface area contributed by atoms with Gasteiger partial charge in [-0.1, -0.05) is 36.4 Å². The molecular formula is C23H15N5O2. The number of benzene rings is 2. The standard InChI is InChI=1S/C23H15N5O2/c29-16-8-9-17-18(11-16)30-23-20(19(17)14-5-2-1-3-6-14)22-26-21(27-28(22)13-25-23)15-7-4-10-24-12-15/h1-13,19,29H. The van der Waals surface area contributed by atoms with E-state index in [1.54, 1.807) is 35.4 Å². The predicted molar refractivity (Wildman–Crippen MR) is 110 cm³/mol. The second kappa shape index (κ2) is 6.38. The Morgan fingerprint density at radius 2 is 1.90 bits per heavy atom. The van der Waals surface area contributed by atoms with E-state index >= 15 is 0 Å². The summed E-state index contributed by atoms with van der Waals surface area (Å²) in [7, 11) is 0. The Bertz CT molecular complexity index is 1380. The van der Waals surface area contributed by atoms with Gasteiger partial charge in [-0.3, -0.25) is 4.98 Å². The van der Waals surface area contributed by atoms with Gasteiger partial charge in [0.25, 0.3) is 0 Å². The van der Waals surface area contributed by atoms with Gasteiger partial charge in [-0.15, -0.1) is 5.10 Å². The van der Waals surface area contributed by atoms with Crippen LogP contribution in [0, 0.1) is 0 Å². The van der Waals surface area contributed by atoms with Gasteiger partial charge < -0.3 is 9.84 Å². The van der Waals surface area contributed by atoms with Gasteiger partial charge in [0.2, 0.25) is 5.88 Å². The van der Waals surface area contributed by atoms with E-state index in [1.807, 2.05) is 36.4 Å². The van der Waals surface area contributed by atoms with Crippen molar-refractivity contribution in [2.75, 3.05) is 0 Å². The second-order valence-corrected chi connectivity index (χ2v) is 7.08. The van der Waals surface area contributed by atoms with Crippen molar-refractivity contribution in [1.29, 1.82) is 0 Å². The summed E-state index contributed by atoms with van der Waals surface area (Å²) in [4.78, 5) is 13.5. The maximum absolute atomic E-state index is 9.96. The molecule has 30 heavy (non-hydrogen) atoms. The Kier molecular flexibility index (Phi) is 3.55.